The van der Waals surface area contributed by atoms with Gasteiger partial charge in [-0.1, -0.05) is 12.8 Å². The van der Waals surface area contributed by atoms with Crippen LogP contribution in [0.15, 0.2) is 28.0 Å². The van der Waals surface area contributed by atoms with Crippen LogP contribution in [0.2, 0.25) is 0 Å². The van der Waals surface area contributed by atoms with Crippen molar-refractivity contribution in [2.75, 3.05) is 30.7 Å². The summed E-state index contributed by atoms with van der Waals surface area (Å²) in [5, 5.41) is 2.80. The summed E-state index contributed by atoms with van der Waals surface area (Å²) in [5.74, 6) is 0.632. The maximum Gasteiger partial charge on any atom is 0.240 e. The van der Waals surface area contributed by atoms with E-state index in [-0.39, 0.29) is 10.8 Å². The summed E-state index contributed by atoms with van der Waals surface area (Å²) in [6, 6.07) is 5.32. The molecule has 2 aliphatic rings. The van der Waals surface area contributed by atoms with Crippen LogP contribution < -0.4 is 10.0 Å². The largest absolute Gasteiger partial charge is 0.325 e. The van der Waals surface area contributed by atoms with Crippen LogP contribution in [0.25, 0.3) is 0 Å². The Morgan fingerprint density at radius 2 is 1.96 bits per heavy atom. The smallest absolute Gasteiger partial charge is 0.240 e. The van der Waals surface area contributed by atoms with Crippen molar-refractivity contribution < 1.29 is 13.2 Å². The zero-order chi connectivity index (χ0) is 19.3. The second-order valence-corrected chi connectivity index (χ2v) is 10.2. The van der Waals surface area contributed by atoms with Crippen LogP contribution >= 0.6 is 11.8 Å². The highest BCUT2D eigenvalue weighted by molar-refractivity contribution is 7.99. The van der Waals surface area contributed by atoms with E-state index in [0.29, 0.717) is 30.4 Å². The fourth-order valence-electron chi connectivity index (χ4n) is 3.57. The number of nitrogens with zero attached hydrogens (tertiary/aromatic N) is 1. The molecule has 1 fully saturated rings. The minimum Gasteiger partial charge on any atom is -0.325 e. The van der Waals surface area contributed by atoms with E-state index in [0.717, 1.165) is 24.4 Å². The number of hydrogen-bond donors (Lipinski definition) is 2. The average molecular weight is 412 g/mol. The van der Waals surface area contributed by atoms with Gasteiger partial charge in [-0.2, -0.15) is 0 Å². The molecule has 2 aliphatic heterocycles. The Morgan fingerprint density at radius 3 is 2.70 bits per heavy atom. The molecular formula is C19H29N3O3S2. The quantitative estimate of drug-likeness (QED) is 0.752. The van der Waals surface area contributed by atoms with Crippen LogP contribution in [0.1, 0.15) is 45.4 Å². The molecule has 0 radical (unpaired) electrons. The summed E-state index contributed by atoms with van der Waals surface area (Å²) in [4.78, 5) is 15.3. The maximum absolute atomic E-state index is 12.7. The molecule has 0 spiro atoms. The summed E-state index contributed by atoms with van der Waals surface area (Å²) >= 11 is 1.57. The number of nitrogens with one attached hydrogen (secondary N) is 2. The Morgan fingerprint density at radius 1 is 1.22 bits per heavy atom. The van der Waals surface area contributed by atoms with Crippen molar-refractivity contribution in [3.05, 3.63) is 18.2 Å². The van der Waals surface area contributed by atoms with Crippen molar-refractivity contribution in [2.45, 2.75) is 61.3 Å². The number of amides is 1. The van der Waals surface area contributed by atoms with Crippen LogP contribution in [0.4, 0.5) is 5.69 Å². The number of carbonyl (C=O) groups excluding carboxylic acids is 1. The number of likely N-dealkylation sites (tertiary alicyclic amines) is 1. The normalized spacial score (nSPS) is 20.3. The summed E-state index contributed by atoms with van der Waals surface area (Å²) < 4.78 is 28.0. The number of anilines is 1. The van der Waals surface area contributed by atoms with Gasteiger partial charge in [-0.25, -0.2) is 13.1 Å². The third-order valence-electron chi connectivity index (χ3n) is 5.24. The van der Waals surface area contributed by atoms with E-state index < -0.39 is 10.0 Å². The van der Waals surface area contributed by atoms with Crippen LogP contribution in [-0.2, 0) is 14.8 Å². The van der Waals surface area contributed by atoms with Crippen LogP contribution in [0, 0.1) is 0 Å². The molecule has 8 heteroatoms. The second-order valence-electron chi connectivity index (χ2n) is 7.29. The standard InChI is InChI=1S/C19H29N3O3S2/c1-15(22-11-4-2-3-5-12-22)8-10-20-27(24,25)16-6-7-18-17(14-16)21-19(23)9-13-26-18/h6-7,14-15,20H,2-5,8-13H2,1H3,(H,21,23)/t15-/m0/s1. The van der Waals surface area contributed by atoms with E-state index in [4.69, 9.17) is 0 Å². The minimum absolute atomic E-state index is 0.0740. The molecule has 2 heterocycles. The van der Waals surface area contributed by atoms with Gasteiger partial charge in [0.1, 0.15) is 0 Å². The Hall–Kier alpha value is -1.09. The first-order chi connectivity index (χ1) is 13.0. The van der Waals surface area contributed by atoms with Gasteiger partial charge in [0.25, 0.3) is 0 Å². The van der Waals surface area contributed by atoms with Crippen molar-refractivity contribution >= 4 is 33.4 Å². The van der Waals surface area contributed by atoms with Gasteiger partial charge in [0.2, 0.25) is 15.9 Å². The molecule has 1 amide bonds. The molecule has 0 bridgehead atoms. The SMILES string of the molecule is C[C@@H](CCNS(=O)(=O)c1ccc2c(c1)NC(=O)CCS2)N1CCCCCC1. The fraction of sp³-hybridized carbons (Fsp3) is 0.632. The van der Waals surface area contributed by atoms with E-state index in [1.165, 1.54) is 25.7 Å². The van der Waals surface area contributed by atoms with Gasteiger partial charge >= 0.3 is 0 Å². The molecule has 27 heavy (non-hydrogen) atoms. The van der Waals surface area contributed by atoms with Crippen molar-refractivity contribution in [1.82, 2.24) is 9.62 Å². The molecule has 2 N–H and O–H groups in total. The van der Waals surface area contributed by atoms with Crippen LogP contribution in [-0.4, -0.2) is 50.7 Å². The van der Waals surface area contributed by atoms with Gasteiger partial charge in [0.15, 0.2) is 0 Å². The molecule has 0 aliphatic carbocycles. The van der Waals surface area contributed by atoms with Crippen LogP contribution in [0.3, 0.4) is 0 Å². The number of hydrogen-bond acceptors (Lipinski definition) is 5. The lowest BCUT2D eigenvalue weighted by Gasteiger charge is -2.27. The zero-order valence-electron chi connectivity index (χ0n) is 15.9. The van der Waals surface area contributed by atoms with Crippen molar-refractivity contribution in [3.8, 4) is 0 Å². The van der Waals surface area contributed by atoms with Gasteiger partial charge in [-0.05, 0) is 57.5 Å². The lowest BCUT2D eigenvalue weighted by Crippen LogP contribution is -2.37. The Kier molecular flexibility index (Phi) is 7.19. The first kappa shape index (κ1) is 20.6. The van der Waals surface area contributed by atoms with Crippen LogP contribution in [0.5, 0.6) is 0 Å². The van der Waals surface area contributed by atoms with Gasteiger partial charge < -0.3 is 10.2 Å². The van der Waals surface area contributed by atoms with Gasteiger partial charge in [0.05, 0.1) is 10.6 Å². The second kappa shape index (κ2) is 9.41. The monoisotopic (exact) mass is 411 g/mol. The molecule has 3 rings (SSSR count). The molecule has 1 atom stereocenters. The Bertz CT molecular complexity index is 759. The lowest BCUT2D eigenvalue weighted by atomic mass is 10.2. The first-order valence-electron chi connectivity index (χ1n) is 9.76. The van der Waals surface area contributed by atoms with Gasteiger partial charge in [0, 0.05) is 29.7 Å². The molecule has 6 nitrogen and oxygen atoms in total. The number of sulfonamides is 1. The minimum atomic E-state index is -3.59. The molecular weight excluding hydrogens is 382 g/mol. The molecule has 1 saturated heterocycles. The average Bonchev–Trinajstić information content (AvgIpc) is 3.00. The molecule has 0 saturated carbocycles. The summed E-state index contributed by atoms with van der Waals surface area (Å²) in [6.45, 7) is 4.80. The summed E-state index contributed by atoms with van der Waals surface area (Å²) in [7, 11) is -3.59. The van der Waals surface area contributed by atoms with E-state index >= 15 is 0 Å². The first-order valence-corrected chi connectivity index (χ1v) is 12.2. The highest BCUT2D eigenvalue weighted by Gasteiger charge is 2.20. The van der Waals surface area contributed by atoms with E-state index in [1.54, 1.807) is 30.0 Å². The van der Waals surface area contributed by atoms with E-state index in [9.17, 15) is 13.2 Å². The summed E-state index contributed by atoms with van der Waals surface area (Å²) in [6.07, 6.45) is 6.28. The van der Waals surface area contributed by atoms with E-state index in [1.807, 2.05) is 0 Å². The molecule has 0 aromatic heterocycles. The summed E-state index contributed by atoms with van der Waals surface area (Å²) in [5.41, 5.74) is 0.586. The topological polar surface area (TPSA) is 78.5 Å². The van der Waals surface area contributed by atoms with Crippen molar-refractivity contribution in [1.29, 1.82) is 0 Å². The molecule has 1 aromatic carbocycles. The number of carbonyl (C=O) groups is 1. The highest BCUT2D eigenvalue weighted by atomic mass is 32.2. The van der Waals surface area contributed by atoms with Crippen molar-refractivity contribution in [3.63, 3.8) is 0 Å². The molecule has 150 valence electrons. The predicted octanol–water partition coefficient (Wildman–Crippen LogP) is 3.05. The van der Waals surface area contributed by atoms with Gasteiger partial charge in [-0.15, -0.1) is 11.8 Å². The Balaban J connectivity index is 1.59. The highest BCUT2D eigenvalue weighted by Crippen LogP contribution is 2.32. The van der Waals surface area contributed by atoms with E-state index in [2.05, 4.69) is 21.9 Å². The van der Waals surface area contributed by atoms with Gasteiger partial charge in [-0.3, -0.25) is 4.79 Å². The third-order valence-corrected chi connectivity index (χ3v) is 7.77. The molecule has 0 unspecified atom stereocenters. The molecule has 1 aromatic rings. The third kappa shape index (κ3) is 5.70. The lowest BCUT2D eigenvalue weighted by molar-refractivity contribution is -0.115. The number of rotatable bonds is 6. The zero-order valence-corrected chi connectivity index (χ0v) is 17.5. The number of benzene rings is 1. The number of fused-ring (bicyclic) bond motifs is 1. The fourth-order valence-corrected chi connectivity index (χ4v) is 5.58. The number of thioether (sulfide) groups is 1. The Labute approximate surface area is 166 Å². The maximum atomic E-state index is 12.7. The van der Waals surface area contributed by atoms with Crippen molar-refractivity contribution in [2.24, 2.45) is 0 Å². The predicted molar refractivity (Wildman–Crippen MR) is 110 cm³/mol.